The van der Waals surface area contributed by atoms with E-state index in [1.165, 1.54) is 24.0 Å². The second kappa shape index (κ2) is 7.22. The lowest BCUT2D eigenvalue weighted by atomic mass is 9.86. The normalized spacial score (nSPS) is 17.4. The number of hydrogen-bond acceptors (Lipinski definition) is 2. The molecular formula is C19H29NO. The topological polar surface area (TPSA) is 20.3 Å². The summed E-state index contributed by atoms with van der Waals surface area (Å²) < 4.78 is 0. The van der Waals surface area contributed by atoms with E-state index in [0.29, 0.717) is 6.42 Å². The quantitative estimate of drug-likeness (QED) is 0.755. The van der Waals surface area contributed by atoms with E-state index in [9.17, 15) is 4.79 Å². The van der Waals surface area contributed by atoms with Crippen LogP contribution in [0, 0.1) is 25.7 Å². The van der Waals surface area contributed by atoms with E-state index in [0.717, 1.165) is 37.0 Å². The summed E-state index contributed by atoms with van der Waals surface area (Å²) in [7, 11) is 0. The van der Waals surface area contributed by atoms with Gasteiger partial charge in [0.05, 0.1) is 0 Å². The number of Topliss-reactive ketones (excluding diaryl/α,β-unsaturated/α-hetero) is 1. The predicted molar refractivity (Wildman–Crippen MR) is 88.9 cm³/mol. The van der Waals surface area contributed by atoms with Crippen LogP contribution in [0.1, 0.15) is 54.6 Å². The molecule has 1 fully saturated rings. The number of aryl methyl sites for hydroxylation is 2. The number of piperidine rings is 1. The number of benzene rings is 1. The maximum Gasteiger partial charge on any atom is 0.164 e. The van der Waals surface area contributed by atoms with Crippen molar-refractivity contribution in [1.29, 1.82) is 0 Å². The summed E-state index contributed by atoms with van der Waals surface area (Å²) in [6, 6.07) is 6.15. The Morgan fingerprint density at radius 3 is 2.24 bits per heavy atom. The van der Waals surface area contributed by atoms with Crippen molar-refractivity contribution < 1.29 is 4.79 Å². The fourth-order valence-electron chi connectivity index (χ4n) is 3.38. The molecule has 1 aliphatic rings. The molecule has 1 aliphatic heterocycles. The van der Waals surface area contributed by atoms with Gasteiger partial charge in [-0.1, -0.05) is 31.0 Å². The summed E-state index contributed by atoms with van der Waals surface area (Å²) in [5.74, 6) is 1.95. The fourth-order valence-corrected chi connectivity index (χ4v) is 3.38. The van der Waals surface area contributed by atoms with E-state index < -0.39 is 0 Å². The van der Waals surface area contributed by atoms with Crippen molar-refractivity contribution in [3.63, 3.8) is 0 Å². The van der Waals surface area contributed by atoms with Crippen molar-refractivity contribution in [1.82, 2.24) is 4.90 Å². The number of likely N-dealkylation sites (tertiary alicyclic amines) is 1. The molecule has 1 aromatic rings. The lowest BCUT2D eigenvalue weighted by molar-refractivity contribution is 0.0943. The summed E-state index contributed by atoms with van der Waals surface area (Å²) >= 11 is 0. The van der Waals surface area contributed by atoms with Crippen LogP contribution in [0.3, 0.4) is 0 Å². The van der Waals surface area contributed by atoms with Gasteiger partial charge >= 0.3 is 0 Å². The van der Waals surface area contributed by atoms with Gasteiger partial charge in [-0.3, -0.25) is 4.79 Å². The smallest absolute Gasteiger partial charge is 0.164 e. The highest BCUT2D eigenvalue weighted by Gasteiger charge is 2.21. The average Bonchev–Trinajstić information content (AvgIpc) is 2.44. The van der Waals surface area contributed by atoms with Crippen molar-refractivity contribution in [2.75, 3.05) is 19.6 Å². The Morgan fingerprint density at radius 2 is 1.71 bits per heavy atom. The van der Waals surface area contributed by atoms with Gasteiger partial charge < -0.3 is 4.90 Å². The van der Waals surface area contributed by atoms with Crippen molar-refractivity contribution in [2.45, 2.75) is 47.0 Å². The van der Waals surface area contributed by atoms with Gasteiger partial charge in [0.25, 0.3) is 0 Å². The van der Waals surface area contributed by atoms with Gasteiger partial charge in [0.1, 0.15) is 0 Å². The van der Waals surface area contributed by atoms with Crippen LogP contribution in [0.25, 0.3) is 0 Å². The number of ketones is 1. The predicted octanol–water partition coefficient (Wildman–Crippen LogP) is 4.24. The van der Waals surface area contributed by atoms with Crippen LogP contribution in [-0.2, 0) is 0 Å². The molecular weight excluding hydrogens is 258 g/mol. The van der Waals surface area contributed by atoms with Crippen LogP contribution in [-0.4, -0.2) is 30.3 Å². The van der Waals surface area contributed by atoms with E-state index in [2.05, 4.69) is 38.7 Å². The van der Waals surface area contributed by atoms with Gasteiger partial charge in [0.2, 0.25) is 0 Å². The molecule has 116 valence electrons. The molecule has 2 nitrogen and oxygen atoms in total. The molecule has 0 saturated carbocycles. The van der Waals surface area contributed by atoms with Gasteiger partial charge in [-0.25, -0.2) is 0 Å². The summed E-state index contributed by atoms with van der Waals surface area (Å²) in [5, 5.41) is 0. The maximum atomic E-state index is 12.3. The Hall–Kier alpha value is -1.15. The van der Waals surface area contributed by atoms with Gasteiger partial charge in [-0.15, -0.1) is 0 Å². The highest BCUT2D eigenvalue weighted by Crippen LogP contribution is 2.24. The largest absolute Gasteiger partial charge is 0.303 e. The van der Waals surface area contributed by atoms with Crippen molar-refractivity contribution in [3.8, 4) is 0 Å². The maximum absolute atomic E-state index is 12.3. The highest BCUT2D eigenvalue weighted by atomic mass is 16.1. The number of carbonyl (C=O) groups excluding carboxylic acids is 1. The fraction of sp³-hybridized carbons (Fsp3) is 0.632. The minimum atomic E-state index is 0.285. The number of hydrogen-bond donors (Lipinski definition) is 0. The van der Waals surface area contributed by atoms with Gasteiger partial charge in [0, 0.05) is 18.5 Å². The molecule has 0 unspecified atom stereocenters. The Morgan fingerprint density at radius 1 is 1.14 bits per heavy atom. The molecule has 0 aromatic heterocycles. The highest BCUT2D eigenvalue weighted by molar-refractivity contribution is 5.96. The minimum absolute atomic E-state index is 0.285. The first-order chi connectivity index (χ1) is 9.95. The van der Waals surface area contributed by atoms with Crippen LogP contribution < -0.4 is 0 Å². The van der Waals surface area contributed by atoms with Crippen LogP contribution >= 0.6 is 0 Å². The van der Waals surface area contributed by atoms with Gasteiger partial charge in [-0.2, -0.15) is 0 Å². The van der Waals surface area contributed by atoms with E-state index in [4.69, 9.17) is 0 Å². The van der Waals surface area contributed by atoms with E-state index in [1.54, 1.807) is 0 Å². The number of carbonyl (C=O) groups is 1. The monoisotopic (exact) mass is 287 g/mol. The Kier molecular flexibility index (Phi) is 5.58. The van der Waals surface area contributed by atoms with Crippen LogP contribution in [0.15, 0.2) is 18.2 Å². The molecule has 0 amide bonds. The SMILES string of the molecule is Cc1cc(C)cc(C(=O)CCN2CCC(C(C)C)CC2)c1. The minimum Gasteiger partial charge on any atom is -0.303 e. The zero-order valence-corrected chi connectivity index (χ0v) is 14.0. The number of nitrogens with zero attached hydrogens (tertiary/aromatic N) is 1. The van der Waals surface area contributed by atoms with E-state index in [-0.39, 0.29) is 5.78 Å². The van der Waals surface area contributed by atoms with Gasteiger partial charge in [0.15, 0.2) is 5.78 Å². The molecule has 0 radical (unpaired) electrons. The zero-order chi connectivity index (χ0) is 15.4. The lowest BCUT2D eigenvalue weighted by Gasteiger charge is -2.33. The molecule has 0 bridgehead atoms. The van der Waals surface area contributed by atoms with Crippen molar-refractivity contribution in [2.24, 2.45) is 11.8 Å². The van der Waals surface area contributed by atoms with Crippen LogP contribution in [0.2, 0.25) is 0 Å². The molecule has 1 aromatic carbocycles. The molecule has 0 N–H and O–H groups in total. The molecule has 2 heteroatoms. The van der Waals surface area contributed by atoms with E-state index in [1.807, 2.05) is 12.1 Å². The van der Waals surface area contributed by atoms with Crippen LogP contribution in [0.4, 0.5) is 0 Å². The summed E-state index contributed by atoms with van der Waals surface area (Å²) in [6.45, 7) is 12.0. The third-order valence-electron chi connectivity index (χ3n) is 4.77. The summed E-state index contributed by atoms with van der Waals surface area (Å²) in [6.07, 6.45) is 3.22. The van der Waals surface area contributed by atoms with Crippen molar-refractivity contribution >= 4 is 5.78 Å². The molecule has 0 aliphatic carbocycles. The average molecular weight is 287 g/mol. The van der Waals surface area contributed by atoms with Crippen LogP contribution in [0.5, 0.6) is 0 Å². The molecule has 0 atom stereocenters. The second-order valence-corrected chi connectivity index (χ2v) is 6.97. The first-order valence-electron chi connectivity index (χ1n) is 8.29. The summed E-state index contributed by atoms with van der Waals surface area (Å²) in [5.41, 5.74) is 3.23. The summed E-state index contributed by atoms with van der Waals surface area (Å²) in [4.78, 5) is 14.8. The Bertz CT molecular complexity index is 464. The molecule has 1 heterocycles. The Balaban J connectivity index is 1.82. The molecule has 21 heavy (non-hydrogen) atoms. The lowest BCUT2D eigenvalue weighted by Crippen LogP contribution is -2.36. The first-order valence-corrected chi connectivity index (χ1v) is 8.29. The van der Waals surface area contributed by atoms with Crippen molar-refractivity contribution in [3.05, 3.63) is 34.9 Å². The van der Waals surface area contributed by atoms with Gasteiger partial charge in [-0.05, 0) is 63.7 Å². The zero-order valence-electron chi connectivity index (χ0n) is 14.0. The Labute approximate surface area is 129 Å². The second-order valence-electron chi connectivity index (χ2n) is 6.97. The third-order valence-corrected chi connectivity index (χ3v) is 4.77. The first kappa shape index (κ1) is 16.2. The van der Waals surface area contributed by atoms with E-state index >= 15 is 0 Å². The third kappa shape index (κ3) is 4.67. The molecule has 0 spiro atoms. The standard InChI is InChI=1S/C19H29NO/c1-14(2)17-5-8-20(9-6-17)10-7-19(21)18-12-15(3)11-16(4)13-18/h11-14,17H,5-10H2,1-4H3. The molecule has 2 rings (SSSR count). The number of rotatable bonds is 5. The molecule has 1 saturated heterocycles.